The molecule has 0 aromatic heterocycles. The molecular formula is C15H20BrN3O2. The molecule has 21 heavy (non-hydrogen) atoms. The number of amidine groups is 1. The second-order valence-corrected chi connectivity index (χ2v) is 6.75. The first kappa shape index (κ1) is 15.8. The highest BCUT2D eigenvalue weighted by atomic mass is 79.9. The molecule has 1 aliphatic carbocycles. The first-order valence-corrected chi connectivity index (χ1v) is 7.65. The Bertz CT molecular complexity index is 584. The predicted molar refractivity (Wildman–Crippen MR) is 86.5 cm³/mol. The summed E-state index contributed by atoms with van der Waals surface area (Å²) in [5, 5.41) is 14.9. The molecular weight excluding hydrogens is 334 g/mol. The van der Waals surface area contributed by atoms with Crippen LogP contribution < -0.4 is 11.1 Å². The molecule has 6 heteroatoms. The Balaban J connectivity index is 2.25. The third-order valence-corrected chi connectivity index (χ3v) is 5.37. The summed E-state index contributed by atoms with van der Waals surface area (Å²) in [6, 6.07) is 3.80. The zero-order valence-electron chi connectivity index (χ0n) is 12.4. The van der Waals surface area contributed by atoms with E-state index in [9.17, 15) is 4.79 Å². The summed E-state index contributed by atoms with van der Waals surface area (Å²) in [5.41, 5.74) is 7.68. The van der Waals surface area contributed by atoms with Gasteiger partial charge in [0.2, 0.25) is 5.91 Å². The van der Waals surface area contributed by atoms with Crippen molar-refractivity contribution in [3.05, 3.63) is 27.7 Å². The van der Waals surface area contributed by atoms with Gasteiger partial charge in [-0.1, -0.05) is 28.0 Å². The topological polar surface area (TPSA) is 87.7 Å². The normalized spacial score (nSPS) is 25.3. The Kier molecular flexibility index (Phi) is 4.27. The average Bonchev–Trinajstić information content (AvgIpc) is 2.39. The third-order valence-electron chi connectivity index (χ3n) is 4.12. The summed E-state index contributed by atoms with van der Waals surface area (Å²) in [5.74, 6) is 0.171. The zero-order valence-corrected chi connectivity index (χ0v) is 14.0. The SMILES string of the molecule is Cc1cc(NC(=O)C2(/C(N)=N/O)CC(C)C2)cc(C)c1Br. The van der Waals surface area contributed by atoms with E-state index in [-0.39, 0.29) is 11.7 Å². The van der Waals surface area contributed by atoms with Gasteiger partial charge in [0.15, 0.2) is 5.84 Å². The van der Waals surface area contributed by atoms with Gasteiger partial charge < -0.3 is 16.3 Å². The van der Waals surface area contributed by atoms with E-state index in [0.717, 1.165) is 21.3 Å². The molecule has 0 radical (unpaired) electrons. The minimum Gasteiger partial charge on any atom is -0.409 e. The van der Waals surface area contributed by atoms with Crippen molar-refractivity contribution in [1.82, 2.24) is 0 Å². The number of anilines is 1. The highest BCUT2D eigenvalue weighted by Crippen LogP contribution is 2.46. The summed E-state index contributed by atoms with van der Waals surface area (Å²) < 4.78 is 1.03. The number of rotatable bonds is 3. The lowest BCUT2D eigenvalue weighted by molar-refractivity contribution is -0.127. The van der Waals surface area contributed by atoms with E-state index in [4.69, 9.17) is 10.9 Å². The highest BCUT2D eigenvalue weighted by molar-refractivity contribution is 9.10. The first-order valence-electron chi connectivity index (χ1n) is 6.86. The molecule has 0 unspecified atom stereocenters. The van der Waals surface area contributed by atoms with Crippen LogP contribution >= 0.6 is 15.9 Å². The van der Waals surface area contributed by atoms with Gasteiger partial charge in [0.05, 0.1) is 0 Å². The second kappa shape index (κ2) is 5.67. The summed E-state index contributed by atoms with van der Waals surface area (Å²) in [7, 11) is 0. The molecule has 4 N–H and O–H groups in total. The molecule has 0 aliphatic heterocycles. The van der Waals surface area contributed by atoms with Gasteiger partial charge in [0.1, 0.15) is 5.41 Å². The molecule has 5 nitrogen and oxygen atoms in total. The van der Waals surface area contributed by atoms with Crippen molar-refractivity contribution in [2.45, 2.75) is 33.6 Å². The summed E-state index contributed by atoms with van der Waals surface area (Å²) in [6.07, 6.45) is 1.20. The van der Waals surface area contributed by atoms with Crippen molar-refractivity contribution in [3.8, 4) is 0 Å². The molecule has 1 aromatic rings. The zero-order chi connectivity index (χ0) is 15.8. The van der Waals surface area contributed by atoms with Crippen molar-refractivity contribution >= 4 is 33.4 Å². The lowest BCUT2D eigenvalue weighted by Gasteiger charge is -2.43. The van der Waals surface area contributed by atoms with Gasteiger partial charge in [-0.05, 0) is 55.9 Å². The van der Waals surface area contributed by atoms with E-state index in [1.54, 1.807) is 0 Å². The van der Waals surface area contributed by atoms with Gasteiger partial charge in [-0.25, -0.2) is 0 Å². The van der Waals surface area contributed by atoms with Gasteiger partial charge in [0.25, 0.3) is 0 Å². The quantitative estimate of drug-likeness (QED) is 0.337. The number of amides is 1. The van der Waals surface area contributed by atoms with Crippen molar-refractivity contribution in [3.63, 3.8) is 0 Å². The standard InChI is InChI=1S/C15H20BrN3O2/c1-8-6-15(7-8,13(17)19-21)14(20)18-11-4-9(2)12(16)10(3)5-11/h4-5,8,21H,6-7H2,1-3H3,(H2,17,19)(H,18,20). The molecule has 0 heterocycles. The Hall–Kier alpha value is -1.56. The lowest BCUT2D eigenvalue weighted by Crippen LogP contribution is -2.54. The number of oxime groups is 1. The van der Waals surface area contributed by atoms with Gasteiger partial charge in [-0.15, -0.1) is 0 Å². The average molecular weight is 354 g/mol. The molecule has 1 amide bonds. The maximum atomic E-state index is 12.6. The van der Waals surface area contributed by atoms with E-state index in [1.165, 1.54) is 0 Å². The number of nitrogens with two attached hydrogens (primary N) is 1. The van der Waals surface area contributed by atoms with E-state index < -0.39 is 5.41 Å². The van der Waals surface area contributed by atoms with Crippen LogP contribution in [0.5, 0.6) is 0 Å². The van der Waals surface area contributed by atoms with Gasteiger partial charge in [-0.3, -0.25) is 4.79 Å². The number of hydrogen-bond donors (Lipinski definition) is 3. The third kappa shape index (κ3) is 2.77. The molecule has 2 rings (SSSR count). The van der Waals surface area contributed by atoms with E-state index >= 15 is 0 Å². The summed E-state index contributed by atoms with van der Waals surface area (Å²) in [4.78, 5) is 12.6. The monoisotopic (exact) mass is 353 g/mol. The predicted octanol–water partition coefficient (Wildman–Crippen LogP) is 3.17. The molecule has 0 spiro atoms. The van der Waals surface area contributed by atoms with Crippen LogP contribution in [0.3, 0.4) is 0 Å². The van der Waals surface area contributed by atoms with Gasteiger partial charge in [0, 0.05) is 10.2 Å². The van der Waals surface area contributed by atoms with Crippen molar-refractivity contribution < 1.29 is 10.0 Å². The van der Waals surface area contributed by atoms with Crippen LogP contribution in [0.4, 0.5) is 5.69 Å². The molecule has 114 valence electrons. The fourth-order valence-electron chi connectivity index (χ4n) is 3.01. The van der Waals surface area contributed by atoms with E-state index in [0.29, 0.717) is 18.8 Å². The Labute approximate surface area is 132 Å². The number of nitrogens with zero attached hydrogens (tertiary/aromatic N) is 1. The summed E-state index contributed by atoms with van der Waals surface area (Å²) in [6.45, 7) is 5.99. The number of hydrogen-bond acceptors (Lipinski definition) is 3. The fourth-order valence-corrected chi connectivity index (χ4v) is 3.23. The smallest absolute Gasteiger partial charge is 0.238 e. The fraction of sp³-hybridized carbons (Fsp3) is 0.467. The largest absolute Gasteiger partial charge is 0.409 e. The number of halogens is 1. The molecule has 0 saturated heterocycles. The molecule has 0 bridgehead atoms. The summed E-state index contributed by atoms with van der Waals surface area (Å²) >= 11 is 3.50. The van der Waals surface area contributed by atoms with E-state index in [2.05, 4.69) is 26.4 Å². The van der Waals surface area contributed by atoms with Crippen LogP contribution in [0, 0.1) is 25.2 Å². The van der Waals surface area contributed by atoms with Crippen LogP contribution in [0.1, 0.15) is 30.9 Å². The molecule has 1 saturated carbocycles. The minimum atomic E-state index is -0.886. The Morgan fingerprint density at radius 2 is 1.95 bits per heavy atom. The van der Waals surface area contributed by atoms with Crippen LogP contribution in [0.15, 0.2) is 21.8 Å². The molecule has 1 fully saturated rings. The molecule has 0 atom stereocenters. The first-order chi connectivity index (χ1) is 9.80. The maximum Gasteiger partial charge on any atom is 0.238 e. The van der Waals surface area contributed by atoms with Crippen molar-refractivity contribution in [1.29, 1.82) is 0 Å². The maximum absolute atomic E-state index is 12.6. The Morgan fingerprint density at radius 1 is 1.43 bits per heavy atom. The molecule has 1 aliphatic rings. The number of carbonyl (C=O) groups excluding carboxylic acids is 1. The van der Waals surface area contributed by atoms with Crippen molar-refractivity contribution in [2.75, 3.05) is 5.32 Å². The highest BCUT2D eigenvalue weighted by Gasteiger charge is 2.52. The van der Waals surface area contributed by atoms with Crippen LogP contribution in [-0.2, 0) is 4.79 Å². The molecule has 1 aromatic carbocycles. The lowest BCUT2D eigenvalue weighted by atomic mass is 9.61. The van der Waals surface area contributed by atoms with E-state index in [1.807, 2.05) is 32.9 Å². The number of nitrogens with one attached hydrogen (secondary N) is 1. The van der Waals surface area contributed by atoms with Crippen LogP contribution in [0.2, 0.25) is 0 Å². The van der Waals surface area contributed by atoms with Gasteiger partial charge >= 0.3 is 0 Å². The van der Waals surface area contributed by atoms with Crippen LogP contribution in [0.25, 0.3) is 0 Å². The second-order valence-electron chi connectivity index (χ2n) is 5.96. The van der Waals surface area contributed by atoms with Crippen LogP contribution in [-0.4, -0.2) is 17.0 Å². The Morgan fingerprint density at radius 3 is 2.38 bits per heavy atom. The number of benzene rings is 1. The van der Waals surface area contributed by atoms with Crippen molar-refractivity contribution in [2.24, 2.45) is 22.2 Å². The number of carbonyl (C=O) groups is 1. The number of aryl methyl sites for hydroxylation is 2. The van der Waals surface area contributed by atoms with Gasteiger partial charge in [-0.2, -0.15) is 0 Å². The minimum absolute atomic E-state index is 0.0105.